The second-order valence-electron chi connectivity index (χ2n) is 5.45. The zero-order valence-corrected chi connectivity index (χ0v) is 13.8. The summed E-state index contributed by atoms with van der Waals surface area (Å²) in [5.41, 5.74) is 0.320. The molecular weight excluding hydrogens is 301 g/mol. The van der Waals surface area contributed by atoms with Crippen LogP contribution in [0, 0.1) is 5.82 Å². The lowest BCUT2D eigenvalue weighted by Crippen LogP contribution is -2.36. The number of ether oxygens (including phenoxy) is 1. The maximum Gasteiger partial charge on any atom is 0.325 e. The lowest BCUT2D eigenvalue weighted by Gasteiger charge is -2.30. The van der Waals surface area contributed by atoms with Gasteiger partial charge in [-0.05, 0) is 50.6 Å². The number of benzene rings is 1. The molecule has 0 unspecified atom stereocenters. The molecule has 0 radical (unpaired) electrons. The summed E-state index contributed by atoms with van der Waals surface area (Å²) in [5.74, 6) is -1.16. The minimum atomic E-state index is -1.03. The molecule has 0 aliphatic heterocycles. The molecule has 0 fully saturated rings. The molecule has 0 saturated heterocycles. The van der Waals surface area contributed by atoms with Crippen LogP contribution in [0.5, 0.6) is 5.75 Å². The molecule has 1 rings (SSSR count). The number of carboxylic acids is 1. The van der Waals surface area contributed by atoms with Crippen LogP contribution in [-0.4, -0.2) is 47.9 Å². The average Bonchev–Trinajstić information content (AvgIpc) is 2.52. The van der Waals surface area contributed by atoms with Crippen LogP contribution in [0.3, 0.4) is 0 Å². The van der Waals surface area contributed by atoms with E-state index in [1.807, 2.05) is 11.8 Å². The number of hydrogen-bond acceptors (Lipinski definition) is 4. The summed E-state index contributed by atoms with van der Waals surface area (Å²) in [5, 5.41) is 18.6. The lowest BCUT2D eigenvalue weighted by molar-refractivity contribution is -0.143. The first-order valence-corrected chi connectivity index (χ1v) is 7.96. The summed E-state index contributed by atoms with van der Waals surface area (Å²) in [7, 11) is 1.44. The highest BCUT2D eigenvalue weighted by atomic mass is 19.1. The Kier molecular flexibility index (Phi) is 8.58. The number of aliphatic hydroxyl groups is 1. The minimum absolute atomic E-state index is 0.0721. The number of halogens is 1. The summed E-state index contributed by atoms with van der Waals surface area (Å²) in [6, 6.07) is 2.96. The van der Waals surface area contributed by atoms with Crippen molar-refractivity contribution in [1.82, 2.24) is 4.90 Å². The topological polar surface area (TPSA) is 70.0 Å². The zero-order chi connectivity index (χ0) is 17.2. The maximum atomic E-state index is 13.6. The van der Waals surface area contributed by atoms with Crippen molar-refractivity contribution in [2.75, 3.05) is 26.8 Å². The van der Waals surface area contributed by atoms with Gasteiger partial charge in [-0.1, -0.05) is 13.3 Å². The van der Waals surface area contributed by atoms with Crippen LogP contribution in [0.1, 0.15) is 44.2 Å². The van der Waals surface area contributed by atoms with E-state index in [2.05, 4.69) is 0 Å². The van der Waals surface area contributed by atoms with Crippen LogP contribution >= 0.6 is 0 Å². The molecule has 0 saturated carbocycles. The van der Waals surface area contributed by atoms with Gasteiger partial charge < -0.3 is 14.9 Å². The van der Waals surface area contributed by atoms with Gasteiger partial charge in [0.05, 0.1) is 7.11 Å². The first-order chi connectivity index (χ1) is 11.0. The number of aliphatic carboxylic acids is 1. The van der Waals surface area contributed by atoms with Gasteiger partial charge in [-0.25, -0.2) is 4.39 Å². The zero-order valence-electron chi connectivity index (χ0n) is 13.8. The molecular formula is C17H26FNO4. The molecule has 0 bridgehead atoms. The van der Waals surface area contributed by atoms with Crippen molar-refractivity contribution >= 4 is 5.97 Å². The molecule has 2 N–H and O–H groups in total. The van der Waals surface area contributed by atoms with Gasteiger partial charge in [-0.15, -0.1) is 0 Å². The van der Waals surface area contributed by atoms with E-state index < -0.39 is 17.8 Å². The van der Waals surface area contributed by atoms with Gasteiger partial charge in [0.2, 0.25) is 0 Å². The Morgan fingerprint density at radius 3 is 2.57 bits per heavy atom. The van der Waals surface area contributed by atoms with Crippen molar-refractivity contribution in [2.24, 2.45) is 0 Å². The molecule has 130 valence electrons. The van der Waals surface area contributed by atoms with Gasteiger partial charge in [0.1, 0.15) is 17.6 Å². The van der Waals surface area contributed by atoms with Crippen LogP contribution < -0.4 is 4.74 Å². The lowest BCUT2D eigenvalue weighted by atomic mass is 10.0. The quantitative estimate of drug-likeness (QED) is 0.612. The standard InChI is InChI=1S/C17H26FNO4/c1-3-4-9-19(10-5-6-11-20)16(17(21)22)14-12-13(18)7-8-15(14)23-2/h7-8,12,16,20H,3-6,9-11H2,1-2H3,(H,21,22)/t16-/m1/s1. The second-order valence-corrected chi connectivity index (χ2v) is 5.45. The van der Waals surface area contributed by atoms with E-state index in [0.717, 1.165) is 12.8 Å². The van der Waals surface area contributed by atoms with Gasteiger partial charge >= 0.3 is 5.97 Å². The molecule has 1 aromatic carbocycles. The third kappa shape index (κ3) is 5.80. The first-order valence-electron chi connectivity index (χ1n) is 7.96. The minimum Gasteiger partial charge on any atom is -0.496 e. The number of methoxy groups -OCH3 is 1. The number of hydrogen-bond donors (Lipinski definition) is 2. The number of nitrogens with zero attached hydrogens (tertiary/aromatic N) is 1. The van der Waals surface area contributed by atoms with Crippen LogP contribution in [0.25, 0.3) is 0 Å². The Morgan fingerprint density at radius 2 is 2.00 bits per heavy atom. The van der Waals surface area contributed by atoms with Crippen LogP contribution in [0.2, 0.25) is 0 Å². The largest absolute Gasteiger partial charge is 0.496 e. The van der Waals surface area contributed by atoms with Gasteiger partial charge in [-0.2, -0.15) is 0 Å². The molecule has 5 nitrogen and oxygen atoms in total. The summed E-state index contributed by atoms with van der Waals surface area (Å²) < 4.78 is 18.8. The van der Waals surface area contributed by atoms with E-state index >= 15 is 0 Å². The molecule has 0 amide bonds. The Bertz CT molecular complexity index is 495. The highest BCUT2D eigenvalue weighted by Gasteiger charge is 2.30. The number of carbonyl (C=O) groups is 1. The Balaban J connectivity index is 3.12. The monoisotopic (exact) mass is 327 g/mol. The van der Waals surface area contributed by atoms with Gasteiger partial charge in [0.25, 0.3) is 0 Å². The molecule has 0 aliphatic carbocycles. The Hall–Kier alpha value is -1.66. The predicted molar refractivity (Wildman–Crippen MR) is 86.1 cm³/mol. The number of carboxylic acid groups (broad SMARTS) is 1. The summed E-state index contributed by atoms with van der Waals surface area (Å²) in [4.78, 5) is 13.7. The van der Waals surface area contributed by atoms with Crippen molar-refractivity contribution in [1.29, 1.82) is 0 Å². The predicted octanol–water partition coefficient (Wildman–Crippen LogP) is 2.83. The second kappa shape index (κ2) is 10.2. The fourth-order valence-electron chi connectivity index (χ4n) is 2.56. The smallest absolute Gasteiger partial charge is 0.325 e. The third-order valence-electron chi connectivity index (χ3n) is 3.74. The van der Waals surface area contributed by atoms with E-state index in [4.69, 9.17) is 9.84 Å². The first kappa shape index (κ1) is 19.4. The molecule has 1 atom stereocenters. The molecule has 0 spiro atoms. The van der Waals surface area contributed by atoms with Crippen LogP contribution in [0.15, 0.2) is 18.2 Å². The normalized spacial score (nSPS) is 12.4. The van der Waals surface area contributed by atoms with E-state index in [0.29, 0.717) is 37.2 Å². The maximum absolute atomic E-state index is 13.6. The molecule has 0 aliphatic rings. The molecule has 0 aromatic heterocycles. The van der Waals surface area contributed by atoms with E-state index in [-0.39, 0.29) is 6.61 Å². The third-order valence-corrected chi connectivity index (χ3v) is 3.74. The van der Waals surface area contributed by atoms with E-state index in [1.54, 1.807) is 0 Å². The molecule has 23 heavy (non-hydrogen) atoms. The van der Waals surface area contributed by atoms with Gasteiger partial charge in [-0.3, -0.25) is 9.69 Å². The number of rotatable bonds is 11. The molecule has 1 aromatic rings. The number of unbranched alkanes of at least 4 members (excludes halogenated alkanes) is 2. The highest BCUT2D eigenvalue weighted by molar-refractivity contribution is 5.76. The summed E-state index contributed by atoms with van der Waals surface area (Å²) >= 11 is 0. The van der Waals surface area contributed by atoms with E-state index in [1.165, 1.54) is 25.3 Å². The van der Waals surface area contributed by atoms with Gasteiger partial charge in [0, 0.05) is 12.2 Å². The van der Waals surface area contributed by atoms with Crippen LogP contribution in [-0.2, 0) is 4.79 Å². The van der Waals surface area contributed by atoms with E-state index in [9.17, 15) is 14.3 Å². The Morgan fingerprint density at radius 1 is 1.30 bits per heavy atom. The number of aliphatic hydroxyl groups excluding tert-OH is 1. The van der Waals surface area contributed by atoms with Crippen molar-refractivity contribution in [3.05, 3.63) is 29.6 Å². The van der Waals surface area contributed by atoms with Crippen molar-refractivity contribution in [3.8, 4) is 5.75 Å². The van der Waals surface area contributed by atoms with Crippen molar-refractivity contribution in [3.63, 3.8) is 0 Å². The fraction of sp³-hybridized carbons (Fsp3) is 0.588. The van der Waals surface area contributed by atoms with Crippen molar-refractivity contribution in [2.45, 2.75) is 38.6 Å². The summed E-state index contributed by atoms with van der Waals surface area (Å²) in [6.07, 6.45) is 3.07. The average molecular weight is 327 g/mol. The molecule has 0 heterocycles. The fourth-order valence-corrected chi connectivity index (χ4v) is 2.56. The SMILES string of the molecule is CCCCN(CCCCO)[C@@H](C(=O)O)c1cc(F)ccc1OC. The Labute approximate surface area is 136 Å². The van der Waals surface area contributed by atoms with Gasteiger partial charge in [0.15, 0.2) is 0 Å². The summed E-state index contributed by atoms with van der Waals surface area (Å²) in [6.45, 7) is 3.23. The highest BCUT2D eigenvalue weighted by Crippen LogP contribution is 2.31. The molecule has 6 heteroatoms. The van der Waals surface area contributed by atoms with Crippen LogP contribution in [0.4, 0.5) is 4.39 Å². The van der Waals surface area contributed by atoms with Crippen molar-refractivity contribution < 1.29 is 24.1 Å².